The van der Waals surface area contributed by atoms with E-state index in [1.54, 1.807) is 20.8 Å². The molecular formula is C16H20BrNO4. The highest BCUT2D eigenvalue weighted by Crippen LogP contribution is 2.34. The van der Waals surface area contributed by atoms with E-state index in [2.05, 4.69) is 15.9 Å². The Morgan fingerprint density at radius 1 is 1.23 bits per heavy atom. The van der Waals surface area contributed by atoms with E-state index < -0.39 is 23.6 Å². The molecule has 1 saturated heterocycles. The second kappa shape index (κ2) is 6.28. The minimum Gasteiger partial charge on any atom is -0.481 e. The van der Waals surface area contributed by atoms with E-state index in [4.69, 9.17) is 4.74 Å². The van der Waals surface area contributed by atoms with Crippen molar-refractivity contribution in [2.75, 3.05) is 13.1 Å². The molecule has 6 heteroatoms. The van der Waals surface area contributed by atoms with Crippen molar-refractivity contribution < 1.29 is 19.4 Å². The molecule has 0 bridgehead atoms. The second-order valence-electron chi connectivity index (χ2n) is 6.49. The number of likely N-dealkylation sites (tertiary alicyclic amines) is 1. The summed E-state index contributed by atoms with van der Waals surface area (Å²) in [5.41, 5.74) is 0.326. The number of carboxylic acid groups (broad SMARTS) is 1. The first-order valence-corrected chi connectivity index (χ1v) is 7.93. The number of aliphatic carboxylic acids is 1. The zero-order valence-electron chi connectivity index (χ0n) is 12.9. The molecule has 1 amide bonds. The summed E-state index contributed by atoms with van der Waals surface area (Å²) in [5.74, 6) is -1.73. The molecule has 1 heterocycles. The summed E-state index contributed by atoms with van der Waals surface area (Å²) in [5, 5.41) is 9.44. The molecule has 1 fully saturated rings. The summed E-state index contributed by atoms with van der Waals surface area (Å²) < 4.78 is 6.27. The van der Waals surface area contributed by atoms with Gasteiger partial charge in [-0.25, -0.2) is 4.79 Å². The maximum absolute atomic E-state index is 12.2. The summed E-state index contributed by atoms with van der Waals surface area (Å²) in [4.78, 5) is 25.2. The molecular weight excluding hydrogens is 350 g/mol. The third-order valence-corrected chi connectivity index (χ3v) is 4.12. The van der Waals surface area contributed by atoms with Gasteiger partial charge in [0.2, 0.25) is 0 Å². The lowest BCUT2D eigenvalue weighted by molar-refractivity contribution is -0.141. The van der Waals surface area contributed by atoms with E-state index in [0.29, 0.717) is 6.54 Å². The summed E-state index contributed by atoms with van der Waals surface area (Å²) in [6.45, 7) is 5.91. The third kappa shape index (κ3) is 4.00. The van der Waals surface area contributed by atoms with Gasteiger partial charge in [-0.2, -0.15) is 0 Å². The normalized spacial score (nSPS) is 21.7. The van der Waals surface area contributed by atoms with Gasteiger partial charge in [-0.15, -0.1) is 0 Å². The predicted molar refractivity (Wildman–Crippen MR) is 85.8 cm³/mol. The average Bonchev–Trinajstić information content (AvgIpc) is 2.83. The fraction of sp³-hybridized carbons (Fsp3) is 0.500. The lowest BCUT2D eigenvalue weighted by atomic mass is 9.89. The molecule has 1 aromatic rings. The van der Waals surface area contributed by atoms with Crippen LogP contribution < -0.4 is 0 Å². The standard InChI is InChI=1S/C16H20BrNO4/c1-16(2,3)22-15(21)18-8-12(13(9-18)14(19)20)10-4-6-11(17)7-5-10/h4-7,12-13H,8-9H2,1-3H3,(H,19,20). The Bertz CT molecular complexity index is 565. The molecule has 0 aromatic heterocycles. The van der Waals surface area contributed by atoms with Crippen LogP contribution in [0.25, 0.3) is 0 Å². The molecule has 0 aliphatic carbocycles. The lowest BCUT2D eigenvalue weighted by Crippen LogP contribution is -2.35. The van der Waals surface area contributed by atoms with E-state index >= 15 is 0 Å². The molecule has 1 aromatic carbocycles. The van der Waals surface area contributed by atoms with Gasteiger partial charge in [-0.1, -0.05) is 28.1 Å². The Balaban J connectivity index is 2.18. The van der Waals surface area contributed by atoms with Crippen LogP contribution in [-0.2, 0) is 9.53 Å². The first kappa shape index (κ1) is 16.8. The Morgan fingerprint density at radius 3 is 2.32 bits per heavy atom. The van der Waals surface area contributed by atoms with Gasteiger partial charge in [0, 0.05) is 23.5 Å². The van der Waals surface area contributed by atoms with Gasteiger partial charge in [0.25, 0.3) is 0 Å². The van der Waals surface area contributed by atoms with Crippen LogP contribution in [0.1, 0.15) is 32.3 Å². The van der Waals surface area contributed by atoms with Gasteiger partial charge in [0.05, 0.1) is 5.92 Å². The molecule has 0 radical (unpaired) electrons. The van der Waals surface area contributed by atoms with Crippen LogP contribution in [0.5, 0.6) is 0 Å². The van der Waals surface area contributed by atoms with E-state index in [0.717, 1.165) is 10.0 Å². The van der Waals surface area contributed by atoms with Crippen molar-refractivity contribution in [1.82, 2.24) is 4.90 Å². The van der Waals surface area contributed by atoms with Crippen molar-refractivity contribution in [3.8, 4) is 0 Å². The smallest absolute Gasteiger partial charge is 0.410 e. The number of halogens is 1. The highest BCUT2D eigenvalue weighted by atomic mass is 79.9. The molecule has 2 atom stereocenters. The minimum atomic E-state index is -0.890. The molecule has 2 rings (SSSR count). The topological polar surface area (TPSA) is 66.8 Å². The Hall–Kier alpha value is -1.56. The van der Waals surface area contributed by atoms with Crippen LogP contribution in [0, 0.1) is 5.92 Å². The van der Waals surface area contributed by atoms with Crippen molar-refractivity contribution in [2.24, 2.45) is 5.92 Å². The summed E-state index contributed by atoms with van der Waals surface area (Å²) in [7, 11) is 0. The van der Waals surface area contributed by atoms with Crippen molar-refractivity contribution in [3.63, 3.8) is 0 Å². The molecule has 2 unspecified atom stereocenters. The van der Waals surface area contributed by atoms with Gasteiger partial charge in [0.1, 0.15) is 5.60 Å². The van der Waals surface area contributed by atoms with Crippen LogP contribution in [-0.4, -0.2) is 40.8 Å². The zero-order valence-corrected chi connectivity index (χ0v) is 14.5. The number of amides is 1. The SMILES string of the molecule is CC(C)(C)OC(=O)N1CC(C(=O)O)C(c2ccc(Br)cc2)C1. The summed E-state index contributed by atoms with van der Waals surface area (Å²) >= 11 is 3.37. The van der Waals surface area contributed by atoms with Crippen LogP contribution in [0.2, 0.25) is 0 Å². The number of carboxylic acids is 1. The maximum Gasteiger partial charge on any atom is 0.410 e. The molecule has 22 heavy (non-hydrogen) atoms. The minimum absolute atomic E-state index is 0.172. The third-order valence-electron chi connectivity index (χ3n) is 3.59. The number of hydrogen-bond acceptors (Lipinski definition) is 3. The van der Waals surface area contributed by atoms with Gasteiger partial charge in [-0.05, 0) is 38.5 Å². The number of rotatable bonds is 2. The van der Waals surface area contributed by atoms with E-state index in [1.807, 2.05) is 24.3 Å². The van der Waals surface area contributed by atoms with E-state index in [1.165, 1.54) is 4.90 Å². The van der Waals surface area contributed by atoms with Crippen molar-refractivity contribution in [3.05, 3.63) is 34.3 Å². The first-order valence-electron chi connectivity index (χ1n) is 7.13. The molecule has 120 valence electrons. The van der Waals surface area contributed by atoms with E-state index in [-0.39, 0.29) is 12.5 Å². The molecule has 1 aliphatic rings. The molecule has 0 saturated carbocycles. The van der Waals surface area contributed by atoms with Crippen molar-refractivity contribution in [1.29, 1.82) is 0 Å². The number of nitrogens with zero attached hydrogens (tertiary/aromatic N) is 1. The Labute approximate surface area is 138 Å². The number of benzene rings is 1. The zero-order chi connectivity index (χ0) is 16.5. The molecule has 5 nitrogen and oxygen atoms in total. The summed E-state index contributed by atoms with van der Waals surface area (Å²) in [6, 6.07) is 7.54. The molecule has 1 aliphatic heterocycles. The van der Waals surface area contributed by atoms with Gasteiger partial charge >= 0.3 is 12.1 Å². The Kier molecular flexibility index (Phi) is 4.80. The van der Waals surface area contributed by atoms with E-state index in [9.17, 15) is 14.7 Å². The highest BCUT2D eigenvalue weighted by molar-refractivity contribution is 9.10. The van der Waals surface area contributed by atoms with Crippen LogP contribution in [0.15, 0.2) is 28.7 Å². The van der Waals surface area contributed by atoms with Crippen LogP contribution in [0.3, 0.4) is 0 Å². The average molecular weight is 370 g/mol. The van der Waals surface area contributed by atoms with Gasteiger partial charge < -0.3 is 14.7 Å². The second-order valence-corrected chi connectivity index (χ2v) is 7.40. The number of ether oxygens (including phenoxy) is 1. The lowest BCUT2D eigenvalue weighted by Gasteiger charge is -2.24. The first-order chi connectivity index (χ1) is 10.2. The maximum atomic E-state index is 12.2. The number of hydrogen-bond donors (Lipinski definition) is 1. The summed E-state index contributed by atoms with van der Waals surface area (Å²) in [6.07, 6.45) is -0.460. The van der Waals surface area contributed by atoms with Crippen LogP contribution in [0.4, 0.5) is 4.79 Å². The van der Waals surface area contributed by atoms with Gasteiger partial charge in [-0.3, -0.25) is 4.79 Å². The number of carbonyl (C=O) groups excluding carboxylic acids is 1. The quantitative estimate of drug-likeness (QED) is 0.866. The largest absolute Gasteiger partial charge is 0.481 e. The highest BCUT2D eigenvalue weighted by Gasteiger charge is 2.41. The van der Waals surface area contributed by atoms with Crippen LogP contribution >= 0.6 is 15.9 Å². The predicted octanol–water partition coefficient (Wildman–Crippen LogP) is 3.48. The number of carbonyl (C=O) groups is 2. The fourth-order valence-electron chi connectivity index (χ4n) is 2.58. The molecule has 1 N–H and O–H groups in total. The molecule has 0 spiro atoms. The monoisotopic (exact) mass is 369 g/mol. The van der Waals surface area contributed by atoms with Gasteiger partial charge in [0.15, 0.2) is 0 Å². The fourth-order valence-corrected chi connectivity index (χ4v) is 2.84. The van der Waals surface area contributed by atoms with Crippen molar-refractivity contribution in [2.45, 2.75) is 32.3 Å². The van der Waals surface area contributed by atoms with Crippen molar-refractivity contribution >= 4 is 28.0 Å². The Morgan fingerprint density at radius 2 is 1.82 bits per heavy atom.